The van der Waals surface area contributed by atoms with Gasteiger partial charge in [0, 0.05) is 13.1 Å². The lowest BCUT2D eigenvalue weighted by molar-refractivity contribution is 0.0957. The number of nitrogens with one attached hydrogen (secondary N) is 2. The second kappa shape index (κ2) is 7.07. The molecule has 0 aliphatic heterocycles. The molecule has 0 spiro atoms. The molecule has 19 heavy (non-hydrogen) atoms. The van der Waals surface area contributed by atoms with Gasteiger partial charge in [-0.05, 0) is 25.0 Å². The molecule has 1 aliphatic rings. The Bertz CT molecular complexity index is 396. The molecule has 1 amide bonds. The Morgan fingerprint density at radius 3 is 2.37 bits per heavy atom. The zero-order chi connectivity index (χ0) is 13.5. The van der Waals surface area contributed by atoms with Crippen molar-refractivity contribution in [3.8, 4) is 0 Å². The summed E-state index contributed by atoms with van der Waals surface area (Å²) in [6.07, 6.45) is 8.98. The highest BCUT2D eigenvalue weighted by molar-refractivity contribution is 5.91. The van der Waals surface area contributed by atoms with Crippen molar-refractivity contribution in [2.24, 2.45) is 0 Å². The van der Waals surface area contributed by atoms with Crippen molar-refractivity contribution in [1.82, 2.24) is 15.5 Å². The van der Waals surface area contributed by atoms with E-state index >= 15 is 0 Å². The molecule has 0 bridgehead atoms. The SMILES string of the molecule is CNC(=O)c1ccc(NC2CCCCCCC2)nn1. The molecule has 1 aromatic rings. The minimum Gasteiger partial charge on any atom is -0.366 e. The van der Waals surface area contributed by atoms with E-state index in [1.807, 2.05) is 6.07 Å². The van der Waals surface area contributed by atoms with E-state index in [0.29, 0.717) is 11.7 Å². The van der Waals surface area contributed by atoms with Gasteiger partial charge >= 0.3 is 0 Å². The molecule has 2 rings (SSSR count). The zero-order valence-electron chi connectivity index (χ0n) is 11.5. The minimum absolute atomic E-state index is 0.204. The van der Waals surface area contributed by atoms with E-state index in [1.54, 1.807) is 13.1 Å². The molecular weight excluding hydrogens is 240 g/mol. The molecule has 5 nitrogen and oxygen atoms in total. The Kier molecular flexibility index (Phi) is 5.12. The van der Waals surface area contributed by atoms with Crippen LogP contribution in [0.3, 0.4) is 0 Å². The van der Waals surface area contributed by atoms with Crippen molar-refractivity contribution in [3.63, 3.8) is 0 Å². The van der Waals surface area contributed by atoms with Gasteiger partial charge in [-0.25, -0.2) is 0 Å². The summed E-state index contributed by atoms with van der Waals surface area (Å²) in [7, 11) is 1.59. The van der Waals surface area contributed by atoms with Crippen LogP contribution < -0.4 is 10.6 Å². The van der Waals surface area contributed by atoms with Crippen LogP contribution in [0.5, 0.6) is 0 Å². The fourth-order valence-electron chi connectivity index (χ4n) is 2.47. The maximum atomic E-state index is 11.4. The van der Waals surface area contributed by atoms with E-state index in [4.69, 9.17) is 0 Å². The molecule has 0 aromatic carbocycles. The number of aromatic nitrogens is 2. The standard InChI is InChI=1S/C14H22N4O/c1-15-14(19)12-9-10-13(18-17-12)16-11-7-5-3-2-4-6-8-11/h9-11H,2-8H2,1H3,(H,15,19)(H,16,18). The van der Waals surface area contributed by atoms with Gasteiger partial charge in [0.15, 0.2) is 5.69 Å². The topological polar surface area (TPSA) is 66.9 Å². The van der Waals surface area contributed by atoms with Gasteiger partial charge < -0.3 is 10.6 Å². The average Bonchev–Trinajstić information content (AvgIpc) is 2.41. The predicted molar refractivity (Wildman–Crippen MR) is 75.2 cm³/mol. The van der Waals surface area contributed by atoms with Crippen molar-refractivity contribution in [2.75, 3.05) is 12.4 Å². The van der Waals surface area contributed by atoms with E-state index in [-0.39, 0.29) is 5.91 Å². The van der Waals surface area contributed by atoms with Crippen LogP contribution in [0.4, 0.5) is 5.82 Å². The molecule has 0 radical (unpaired) electrons. The Morgan fingerprint density at radius 2 is 1.79 bits per heavy atom. The van der Waals surface area contributed by atoms with Crippen molar-refractivity contribution < 1.29 is 4.79 Å². The van der Waals surface area contributed by atoms with E-state index in [9.17, 15) is 4.79 Å². The lowest BCUT2D eigenvalue weighted by atomic mass is 9.97. The fourth-order valence-corrected chi connectivity index (χ4v) is 2.47. The van der Waals surface area contributed by atoms with Gasteiger partial charge in [-0.15, -0.1) is 10.2 Å². The first-order valence-electron chi connectivity index (χ1n) is 7.12. The van der Waals surface area contributed by atoms with Gasteiger partial charge in [-0.3, -0.25) is 4.79 Å². The smallest absolute Gasteiger partial charge is 0.271 e. The summed E-state index contributed by atoms with van der Waals surface area (Å²) >= 11 is 0. The third-order valence-corrected chi connectivity index (χ3v) is 3.58. The summed E-state index contributed by atoms with van der Waals surface area (Å²) in [6.45, 7) is 0. The van der Waals surface area contributed by atoms with Gasteiger partial charge in [-0.2, -0.15) is 0 Å². The monoisotopic (exact) mass is 262 g/mol. The van der Waals surface area contributed by atoms with Gasteiger partial charge in [0.2, 0.25) is 0 Å². The first kappa shape index (κ1) is 13.8. The Labute approximate surface area is 114 Å². The van der Waals surface area contributed by atoms with Crippen LogP contribution in [-0.4, -0.2) is 29.2 Å². The summed E-state index contributed by atoms with van der Waals surface area (Å²) in [6, 6.07) is 4.02. The first-order chi connectivity index (χ1) is 9.29. The number of carbonyl (C=O) groups is 1. The second-order valence-electron chi connectivity index (χ2n) is 5.07. The Morgan fingerprint density at radius 1 is 1.11 bits per heavy atom. The molecule has 1 saturated carbocycles. The lowest BCUT2D eigenvalue weighted by Gasteiger charge is -2.21. The third kappa shape index (κ3) is 4.19. The van der Waals surface area contributed by atoms with Crippen molar-refractivity contribution in [1.29, 1.82) is 0 Å². The first-order valence-corrected chi connectivity index (χ1v) is 7.12. The van der Waals surface area contributed by atoms with Crippen LogP contribution in [0.15, 0.2) is 12.1 Å². The Balaban J connectivity index is 1.92. The fraction of sp³-hybridized carbons (Fsp3) is 0.643. The number of anilines is 1. The van der Waals surface area contributed by atoms with Crippen LogP contribution in [0, 0.1) is 0 Å². The quantitative estimate of drug-likeness (QED) is 0.877. The molecule has 104 valence electrons. The maximum absolute atomic E-state index is 11.4. The molecular formula is C14H22N4O. The van der Waals surface area contributed by atoms with Crippen molar-refractivity contribution in [2.45, 2.75) is 51.0 Å². The summed E-state index contributed by atoms with van der Waals surface area (Å²) in [5.74, 6) is 0.559. The number of rotatable bonds is 3. The highest BCUT2D eigenvalue weighted by atomic mass is 16.1. The van der Waals surface area contributed by atoms with Crippen LogP contribution in [-0.2, 0) is 0 Å². The molecule has 1 aromatic heterocycles. The van der Waals surface area contributed by atoms with Gasteiger partial charge in [-0.1, -0.05) is 32.1 Å². The van der Waals surface area contributed by atoms with Gasteiger partial charge in [0.25, 0.3) is 5.91 Å². The van der Waals surface area contributed by atoms with Crippen LogP contribution >= 0.6 is 0 Å². The van der Waals surface area contributed by atoms with Crippen molar-refractivity contribution >= 4 is 11.7 Å². The van der Waals surface area contributed by atoms with Gasteiger partial charge in [0.1, 0.15) is 5.82 Å². The van der Waals surface area contributed by atoms with E-state index in [0.717, 1.165) is 5.82 Å². The Hall–Kier alpha value is -1.65. The number of carbonyl (C=O) groups excluding carboxylic acids is 1. The highest BCUT2D eigenvalue weighted by Crippen LogP contribution is 2.19. The average molecular weight is 262 g/mol. The molecule has 5 heteroatoms. The molecule has 1 heterocycles. The number of hydrogen-bond acceptors (Lipinski definition) is 4. The number of amides is 1. The maximum Gasteiger partial charge on any atom is 0.271 e. The molecule has 2 N–H and O–H groups in total. The zero-order valence-corrected chi connectivity index (χ0v) is 11.5. The van der Waals surface area contributed by atoms with Crippen LogP contribution in [0.2, 0.25) is 0 Å². The number of nitrogens with zero attached hydrogens (tertiary/aromatic N) is 2. The van der Waals surface area contributed by atoms with E-state index in [1.165, 1.54) is 44.9 Å². The highest BCUT2D eigenvalue weighted by Gasteiger charge is 2.12. The van der Waals surface area contributed by atoms with E-state index < -0.39 is 0 Å². The third-order valence-electron chi connectivity index (χ3n) is 3.58. The van der Waals surface area contributed by atoms with Crippen LogP contribution in [0.1, 0.15) is 55.4 Å². The van der Waals surface area contributed by atoms with Crippen LogP contribution in [0.25, 0.3) is 0 Å². The summed E-state index contributed by atoms with van der Waals surface area (Å²) in [5, 5.41) is 14.0. The summed E-state index contributed by atoms with van der Waals surface area (Å²) in [4.78, 5) is 11.4. The lowest BCUT2D eigenvalue weighted by Crippen LogP contribution is -2.23. The summed E-state index contributed by atoms with van der Waals surface area (Å²) < 4.78 is 0. The molecule has 1 aliphatic carbocycles. The predicted octanol–water partition coefficient (Wildman–Crippen LogP) is 2.36. The second-order valence-corrected chi connectivity index (χ2v) is 5.07. The normalized spacial score (nSPS) is 17.3. The van der Waals surface area contributed by atoms with Gasteiger partial charge in [0.05, 0.1) is 0 Å². The molecule has 0 unspecified atom stereocenters. The minimum atomic E-state index is -0.204. The molecule has 1 fully saturated rings. The molecule has 0 atom stereocenters. The number of hydrogen-bond donors (Lipinski definition) is 2. The largest absolute Gasteiger partial charge is 0.366 e. The molecule has 0 saturated heterocycles. The van der Waals surface area contributed by atoms with E-state index in [2.05, 4.69) is 20.8 Å². The summed E-state index contributed by atoms with van der Waals surface area (Å²) in [5.41, 5.74) is 0.353. The van der Waals surface area contributed by atoms with Crippen molar-refractivity contribution in [3.05, 3.63) is 17.8 Å².